The monoisotopic (exact) mass is 436 g/mol. The van der Waals surface area contributed by atoms with Gasteiger partial charge < -0.3 is 23.7 Å². The fourth-order valence-electron chi connectivity index (χ4n) is 8.18. The van der Waals surface area contributed by atoms with Crippen LogP contribution in [0.5, 0.6) is 0 Å². The van der Waals surface area contributed by atoms with Crippen molar-refractivity contribution in [3.05, 3.63) is 0 Å². The van der Waals surface area contributed by atoms with Crippen molar-refractivity contribution in [2.45, 2.75) is 122 Å². The summed E-state index contributed by atoms with van der Waals surface area (Å²) in [5, 5.41) is 0. The maximum Gasteiger partial charge on any atom is 0.163 e. The Bertz CT molecular complexity index is 721. The molecule has 5 rings (SSSR count). The van der Waals surface area contributed by atoms with Crippen LogP contribution in [-0.2, 0) is 23.7 Å². The smallest absolute Gasteiger partial charge is 0.163 e. The molecule has 2 aliphatic carbocycles. The molecule has 2 spiro atoms. The zero-order chi connectivity index (χ0) is 22.3. The van der Waals surface area contributed by atoms with Crippen LogP contribution in [0.15, 0.2) is 0 Å². The average Bonchev–Trinajstić information content (AvgIpc) is 3.00. The van der Waals surface area contributed by atoms with Crippen molar-refractivity contribution in [1.29, 1.82) is 0 Å². The average molecular weight is 437 g/mol. The molecule has 2 saturated carbocycles. The van der Waals surface area contributed by atoms with Crippen molar-refractivity contribution in [2.75, 3.05) is 19.8 Å². The highest BCUT2D eigenvalue weighted by Crippen LogP contribution is 2.69. The van der Waals surface area contributed by atoms with Gasteiger partial charge in [-0.25, -0.2) is 0 Å². The Kier molecular flexibility index (Phi) is 5.04. The first-order valence-electron chi connectivity index (χ1n) is 12.7. The van der Waals surface area contributed by atoms with Gasteiger partial charge in [-0.2, -0.15) is 0 Å². The SMILES string of the molecule is C[C@@H]1CCC2[C@]3(C)COC(C)(C)O[C@H]3CC[C@]2(C)[C@@]12CCC1(CCOC(C)(C)OC1)O2. The van der Waals surface area contributed by atoms with Crippen LogP contribution in [0, 0.1) is 22.7 Å². The van der Waals surface area contributed by atoms with Crippen molar-refractivity contribution < 1.29 is 23.7 Å². The van der Waals surface area contributed by atoms with Gasteiger partial charge in [0.05, 0.1) is 37.1 Å². The van der Waals surface area contributed by atoms with Crippen LogP contribution in [0.4, 0.5) is 0 Å². The van der Waals surface area contributed by atoms with E-state index in [9.17, 15) is 0 Å². The summed E-state index contributed by atoms with van der Waals surface area (Å²) in [5.41, 5.74) is -0.156. The normalized spacial score (nSPS) is 53.7. The number of rotatable bonds is 0. The van der Waals surface area contributed by atoms with Gasteiger partial charge in [0.2, 0.25) is 0 Å². The molecule has 178 valence electrons. The summed E-state index contributed by atoms with van der Waals surface area (Å²) >= 11 is 0. The highest BCUT2D eigenvalue weighted by atomic mass is 16.7. The van der Waals surface area contributed by atoms with Crippen LogP contribution < -0.4 is 0 Å². The van der Waals surface area contributed by atoms with Crippen LogP contribution in [0.3, 0.4) is 0 Å². The molecule has 0 bridgehead atoms. The quantitative estimate of drug-likeness (QED) is 0.505. The Morgan fingerprint density at radius 3 is 2.23 bits per heavy atom. The van der Waals surface area contributed by atoms with Crippen LogP contribution in [-0.4, -0.2) is 48.7 Å². The van der Waals surface area contributed by atoms with E-state index in [-0.39, 0.29) is 28.1 Å². The van der Waals surface area contributed by atoms with Gasteiger partial charge in [0.25, 0.3) is 0 Å². The van der Waals surface area contributed by atoms with E-state index in [1.165, 1.54) is 12.8 Å². The predicted molar refractivity (Wildman–Crippen MR) is 119 cm³/mol. The lowest BCUT2D eigenvalue weighted by molar-refractivity contribution is -0.359. The fourth-order valence-corrected chi connectivity index (χ4v) is 8.18. The Morgan fingerprint density at radius 1 is 0.710 bits per heavy atom. The summed E-state index contributed by atoms with van der Waals surface area (Å²) in [6, 6.07) is 0. The molecule has 0 N–H and O–H groups in total. The Labute approximate surface area is 188 Å². The second-order valence-electron chi connectivity index (χ2n) is 12.7. The summed E-state index contributed by atoms with van der Waals surface area (Å²) in [4.78, 5) is 0. The lowest BCUT2D eigenvalue weighted by Crippen LogP contribution is -2.69. The molecule has 3 aliphatic heterocycles. The highest BCUT2D eigenvalue weighted by Gasteiger charge is 2.70. The van der Waals surface area contributed by atoms with Crippen molar-refractivity contribution in [3.8, 4) is 0 Å². The molecule has 3 heterocycles. The number of hydrogen-bond donors (Lipinski definition) is 0. The highest BCUT2D eigenvalue weighted by molar-refractivity contribution is 5.18. The van der Waals surface area contributed by atoms with Crippen molar-refractivity contribution >= 4 is 0 Å². The third-order valence-corrected chi connectivity index (χ3v) is 10.1. The van der Waals surface area contributed by atoms with E-state index in [2.05, 4.69) is 34.6 Å². The van der Waals surface area contributed by atoms with Crippen LogP contribution in [0.25, 0.3) is 0 Å². The van der Waals surface area contributed by atoms with E-state index in [0.29, 0.717) is 25.0 Å². The van der Waals surface area contributed by atoms with E-state index in [1.807, 2.05) is 13.8 Å². The second kappa shape index (κ2) is 6.91. The lowest BCUT2D eigenvalue weighted by Gasteiger charge is -2.67. The number of hydrogen-bond acceptors (Lipinski definition) is 5. The zero-order valence-corrected chi connectivity index (χ0v) is 20.8. The van der Waals surface area contributed by atoms with Crippen molar-refractivity contribution in [3.63, 3.8) is 0 Å². The van der Waals surface area contributed by atoms with E-state index in [1.54, 1.807) is 0 Å². The summed E-state index contributed by atoms with van der Waals surface area (Å²) in [7, 11) is 0. The van der Waals surface area contributed by atoms with E-state index in [4.69, 9.17) is 23.7 Å². The first-order valence-corrected chi connectivity index (χ1v) is 12.7. The van der Waals surface area contributed by atoms with Gasteiger partial charge in [-0.1, -0.05) is 20.8 Å². The Morgan fingerprint density at radius 2 is 1.45 bits per heavy atom. The third kappa shape index (κ3) is 3.28. The summed E-state index contributed by atoms with van der Waals surface area (Å²) in [5.74, 6) is 0.0890. The summed E-state index contributed by atoms with van der Waals surface area (Å²) in [6.45, 7) is 17.7. The molecular formula is C26H44O5. The maximum absolute atomic E-state index is 7.36. The number of ether oxygens (including phenoxy) is 5. The van der Waals surface area contributed by atoms with Gasteiger partial charge in [0.1, 0.15) is 0 Å². The minimum absolute atomic E-state index is 0.0415. The predicted octanol–water partition coefficient (Wildman–Crippen LogP) is 5.45. The van der Waals surface area contributed by atoms with Gasteiger partial charge in [-0.05, 0) is 78.1 Å². The minimum atomic E-state index is -0.525. The van der Waals surface area contributed by atoms with E-state index < -0.39 is 11.6 Å². The molecule has 5 fully saturated rings. The molecule has 5 heteroatoms. The minimum Gasteiger partial charge on any atom is -0.365 e. The molecule has 31 heavy (non-hydrogen) atoms. The fraction of sp³-hybridized carbons (Fsp3) is 1.00. The van der Waals surface area contributed by atoms with Crippen molar-refractivity contribution in [1.82, 2.24) is 0 Å². The van der Waals surface area contributed by atoms with E-state index in [0.717, 1.165) is 38.7 Å². The Balaban J connectivity index is 1.47. The van der Waals surface area contributed by atoms with Crippen LogP contribution >= 0.6 is 0 Å². The standard InChI is InChI=1S/C26H44O5/c1-18-8-9-19-23(6)16-28-22(4,5)30-20(23)10-11-24(19,7)26(18)13-12-25(31-26)14-15-27-21(2,3)29-17-25/h18-20H,8-17H2,1-7H3/t18-,19?,20+,23+,24+,25?,26-/m1/s1. The van der Waals surface area contributed by atoms with Crippen molar-refractivity contribution in [2.24, 2.45) is 22.7 Å². The van der Waals surface area contributed by atoms with Gasteiger partial charge >= 0.3 is 0 Å². The van der Waals surface area contributed by atoms with Crippen LogP contribution in [0.1, 0.15) is 93.4 Å². The summed E-state index contributed by atoms with van der Waals surface area (Å²) < 4.78 is 32.3. The Hall–Kier alpha value is -0.200. The molecule has 7 atom stereocenters. The molecule has 5 nitrogen and oxygen atoms in total. The first kappa shape index (κ1) is 22.6. The molecule has 0 aromatic heterocycles. The maximum atomic E-state index is 7.36. The zero-order valence-electron chi connectivity index (χ0n) is 20.8. The van der Waals surface area contributed by atoms with Gasteiger partial charge in [-0.3, -0.25) is 0 Å². The lowest BCUT2D eigenvalue weighted by atomic mass is 9.43. The topological polar surface area (TPSA) is 46.2 Å². The second-order valence-corrected chi connectivity index (χ2v) is 12.7. The van der Waals surface area contributed by atoms with Crippen LogP contribution in [0.2, 0.25) is 0 Å². The third-order valence-electron chi connectivity index (χ3n) is 10.1. The number of fused-ring (bicyclic) bond motifs is 4. The molecule has 0 amide bonds. The molecule has 5 aliphatic rings. The van der Waals surface area contributed by atoms with Gasteiger partial charge in [0.15, 0.2) is 11.6 Å². The first-order chi connectivity index (χ1) is 14.4. The molecule has 0 radical (unpaired) electrons. The molecule has 0 aromatic carbocycles. The van der Waals surface area contributed by atoms with E-state index >= 15 is 0 Å². The van der Waals surface area contributed by atoms with Gasteiger partial charge in [0, 0.05) is 17.3 Å². The molecular weight excluding hydrogens is 392 g/mol. The molecule has 2 unspecified atom stereocenters. The van der Waals surface area contributed by atoms with Gasteiger partial charge in [-0.15, -0.1) is 0 Å². The largest absolute Gasteiger partial charge is 0.365 e. The summed E-state index contributed by atoms with van der Waals surface area (Å²) in [6.07, 6.45) is 8.09. The molecule has 0 aromatic rings. The molecule has 3 saturated heterocycles.